The van der Waals surface area contributed by atoms with Crippen molar-refractivity contribution in [3.8, 4) is 5.75 Å². The Labute approximate surface area is 87.6 Å². The normalized spacial score (nSPS) is 13.0. The number of halogens is 3. The third-order valence-corrected chi connectivity index (χ3v) is 2.55. The summed E-state index contributed by atoms with van der Waals surface area (Å²) >= 11 is 0. The first-order chi connectivity index (χ1) is 7.06. The Morgan fingerprint density at radius 1 is 1.38 bits per heavy atom. The monoisotopic (exact) mass is 258 g/mol. The van der Waals surface area contributed by atoms with Gasteiger partial charge in [-0.25, -0.2) is 0 Å². The molecule has 0 radical (unpaired) electrons. The van der Waals surface area contributed by atoms with Gasteiger partial charge in [0, 0.05) is 6.42 Å². The number of ketones is 1. The standard InChI is InChI=1S/C7H5F3O5S/c1-3(11)2-4-5(12)6(4)15-16(13,14)7(8,9)10/h2H2,1H3. The second-order valence-corrected chi connectivity index (χ2v) is 4.54. The van der Waals surface area contributed by atoms with Gasteiger partial charge in [0.15, 0.2) is 5.75 Å². The molecule has 0 amide bonds. The highest BCUT2D eigenvalue weighted by molar-refractivity contribution is 7.88. The van der Waals surface area contributed by atoms with Crippen LogP contribution in [-0.2, 0) is 21.3 Å². The smallest absolute Gasteiger partial charge is 0.371 e. The van der Waals surface area contributed by atoms with Crippen molar-refractivity contribution in [1.82, 2.24) is 0 Å². The number of rotatable bonds is 4. The Kier molecular flexibility index (Phi) is 2.84. The van der Waals surface area contributed by atoms with Crippen molar-refractivity contribution in [2.24, 2.45) is 0 Å². The van der Waals surface area contributed by atoms with Gasteiger partial charge >= 0.3 is 15.6 Å². The van der Waals surface area contributed by atoms with Crippen LogP contribution in [-0.4, -0.2) is 19.7 Å². The van der Waals surface area contributed by atoms with E-state index in [1.165, 1.54) is 0 Å². The maximum Gasteiger partial charge on any atom is 0.534 e. The topological polar surface area (TPSA) is 77.5 Å². The molecule has 0 saturated carbocycles. The Bertz CT molecular complexity index is 532. The molecule has 0 aliphatic heterocycles. The average Bonchev–Trinajstić information content (AvgIpc) is 2.59. The minimum absolute atomic E-state index is 0.333. The number of Topliss-reactive ketones (excluding diaryl/α,β-unsaturated/α-hetero) is 1. The minimum atomic E-state index is -5.83. The Morgan fingerprint density at radius 3 is 2.25 bits per heavy atom. The van der Waals surface area contributed by atoms with E-state index in [0.717, 1.165) is 6.92 Å². The number of alkyl halides is 3. The number of carbonyl (C=O) groups is 1. The molecule has 0 fully saturated rings. The van der Waals surface area contributed by atoms with E-state index in [0.29, 0.717) is 0 Å². The summed E-state index contributed by atoms with van der Waals surface area (Å²) in [5.41, 5.74) is -6.90. The molecule has 0 aliphatic carbocycles. The van der Waals surface area contributed by atoms with E-state index in [4.69, 9.17) is 0 Å². The van der Waals surface area contributed by atoms with Crippen LogP contribution in [0.25, 0.3) is 0 Å². The fraction of sp³-hybridized carbons (Fsp3) is 0.429. The molecule has 0 aliphatic rings. The molecule has 9 heteroatoms. The zero-order valence-electron chi connectivity index (χ0n) is 7.79. The van der Waals surface area contributed by atoms with Gasteiger partial charge in [0.05, 0.1) is 5.56 Å². The largest absolute Gasteiger partial charge is 0.534 e. The molecule has 0 spiro atoms. The predicted molar refractivity (Wildman–Crippen MR) is 45.1 cm³/mol. The minimum Gasteiger partial charge on any atom is -0.371 e. The van der Waals surface area contributed by atoms with Crippen LogP contribution < -0.4 is 9.61 Å². The van der Waals surface area contributed by atoms with Crippen molar-refractivity contribution in [3.63, 3.8) is 0 Å². The molecular formula is C7H5F3O5S. The molecule has 1 aromatic carbocycles. The van der Waals surface area contributed by atoms with Crippen molar-refractivity contribution >= 4 is 15.9 Å². The fourth-order valence-electron chi connectivity index (χ4n) is 0.843. The van der Waals surface area contributed by atoms with E-state index in [1.807, 2.05) is 0 Å². The summed E-state index contributed by atoms with van der Waals surface area (Å²) in [6.07, 6.45) is -0.429. The first-order valence-electron chi connectivity index (χ1n) is 3.84. The van der Waals surface area contributed by atoms with Gasteiger partial charge in [0.2, 0.25) is 5.43 Å². The lowest BCUT2D eigenvalue weighted by molar-refractivity contribution is -0.116. The van der Waals surface area contributed by atoms with Crippen molar-refractivity contribution in [2.45, 2.75) is 18.9 Å². The van der Waals surface area contributed by atoms with Gasteiger partial charge in [-0.3, -0.25) is 9.59 Å². The van der Waals surface area contributed by atoms with Crippen LogP contribution in [0.2, 0.25) is 0 Å². The molecule has 0 unspecified atom stereocenters. The number of hydrogen-bond donors (Lipinski definition) is 0. The zero-order chi connectivity index (χ0) is 12.7. The third-order valence-electron chi connectivity index (χ3n) is 1.59. The molecule has 16 heavy (non-hydrogen) atoms. The molecule has 0 aromatic heterocycles. The third kappa shape index (κ3) is 2.40. The van der Waals surface area contributed by atoms with Gasteiger partial charge in [-0.1, -0.05) is 0 Å². The van der Waals surface area contributed by atoms with Gasteiger partial charge in [-0.15, -0.1) is 0 Å². The molecule has 0 atom stereocenters. The molecular weight excluding hydrogens is 253 g/mol. The van der Waals surface area contributed by atoms with E-state index in [-0.39, 0.29) is 5.56 Å². The highest BCUT2D eigenvalue weighted by Crippen LogP contribution is 2.29. The van der Waals surface area contributed by atoms with Crippen molar-refractivity contribution in [2.75, 3.05) is 0 Å². The Morgan fingerprint density at radius 2 is 1.88 bits per heavy atom. The number of carbonyl (C=O) groups excluding carboxylic acids is 1. The summed E-state index contributed by atoms with van der Waals surface area (Å²) in [7, 11) is -5.83. The second kappa shape index (κ2) is 3.58. The van der Waals surface area contributed by atoms with Gasteiger partial charge < -0.3 is 4.18 Å². The molecule has 1 rings (SSSR count). The zero-order valence-corrected chi connectivity index (χ0v) is 8.61. The Hall–Kier alpha value is -1.38. The summed E-state index contributed by atoms with van der Waals surface area (Å²) in [5, 5.41) is 0. The average molecular weight is 258 g/mol. The van der Waals surface area contributed by atoms with Gasteiger partial charge in [0.1, 0.15) is 5.78 Å². The van der Waals surface area contributed by atoms with Crippen LogP contribution in [0.5, 0.6) is 5.75 Å². The van der Waals surface area contributed by atoms with E-state index in [9.17, 15) is 31.2 Å². The summed E-state index contributed by atoms with van der Waals surface area (Å²) < 4.78 is 60.0. The van der Waals surface area contributed by atoms with Crippen LogP contribution in [0.15, 0.2) is 4.79 Å². The Balaban J connectivity index is 2.84. The quantitative estimate of drug-likeness (QED) is 0.572. The molecule has 90 valence electrons. The van der Waals surface area contributed by atoms with E-state index < -0.39 is 39.0 Å². The summed E-state index contributed by atoms with van der Waals surface area (Å²) in [6, 6.07) is 0. The van der Waals surface area contributed by atoms with Gasteiger partial charge in [-0.05, 0) is 6.92 Å². The molecule has 0 N–H and O–H groups in total. The second-order valence-electron chi connectivity index (χ2n) is 3.00. The van der Waals surface area contributed by atoms with Crippen molar-refractivity contribution in [3.05, 3.63) is 15.8 Å². The lowest BCUT2D eigenvalue weighted by Gasteiger charge is -2.05. The van der Waals surface area contributed by atoms with Crippen LogP contribution >= 0.6 is 0 Å². The van der Waals surface area contributed by atoms with Gasteiger partial charge in [0.25, 0.3) is 0 Å². The highest BCUT2D eigenvalue weighted by atomic mass is 32.2. The molecule has 0 heterocycles. The lowest BCUT2D eigenvalue weighted by atomic mass is 10.3. The first-order valence-corrected chi connectivity index (χ1v) is 5.25. The van der Waals surface area contributed by atoms with E-state index >= 15 is 0 Å². The van der Waals surface area contributed by atoms with Crippen molar-refractivity contribution < 1.29 is 30.6 Å². The van der Waals surface area contributed by atoms with Crippen LogP contribution in [0.3, 0.4) is 0 Å². The SMILES string of the molecule is CC(=O)Cc1c(OS(=O)(=O)C(F)(F)F)c1=O. The lowest BCUT2D eigenvalue weighted by Crippen LogP contribution is -2.27. The maximum absolute atomic E-state index is 11.8. The maximum atomic E-state index is 11.8. The molecule has 0 saturated heterocycles. The van der Waals surface area contributed by atoms with Gasteiger partial charge in [-0.2, -0.15) is 21.6 Å². The summed E-state index contributed by atoms with van der Waals surface area (Å²) in [4.78, 5) is 21.3. The summed E-state index contributed by atoms with van der Waals surface area (Å²) in [6.45, 7) is 1.11. The van der Waals surface area contributed by atoms with Crippen LogP contribution in [0.4, 0.5) is 13.2 Å². The molecule has 1 aromatic rings. The van der Waals surface area contributed by atoms with Crippen molar-refractivity contribution in [1.29, 1.82) is 0 Å². The molecule has 0 bridgehead atoms. The van der Waals surface area contributed by atoms with Crippen LogP contribution in [0.1, 0.15) is 12.5 Å². The first kappa shape index (κ1) is 12.7. The predicted octanol–water partition coefficient (Wildman–Crippen LogP) is 0.282. The molecule has 5 nitrogen and oxygen atoms in total. The fourth-order valence-corrected chi connectivity index (χ4v) is 1.33. The van der Waals surface area contributed by atoms with Crippen LogP contribution in [0, 0.1) is 0 Å². The van der Waals surface area contributed by atoms with E-state index in [2.05, 4.69) is 4.18 Å². The summed E-state index contributed by atoms with van der Waals surface area (Å²) in [5.74, 6) is -1.39. The number of hydrogen-bond acceptors (Lipinski definition) is 5. The van der Waals surface area contributed by atoms with E-state index in [1.54, 1.807) is 0 Å². The highest BCUT2D eigenvalue weighted by Gasteiger charge is 2.50.